The topological polar surface area (TPSA) is 93.9 Å². The number of benzene rings is 1. The third kappa shape index (κ3) is 4.49. The molecular weight excluding hydrogens is 418 g/mol. The molecule has 0 N–H and O–H groups in total. The molecule has 0 fully saturated rings. The highest BCUT2D eigenvalue weighted by Gasteiger charge is 2.26. The van der Waals surface area contributed by atoms with Crippen LogP contribution < -0.4 is 0 Å². The molecule has 1 amide bonds. The first-order valence-corrected chi connectivity index (χ1v) is 11.1. The first-order chi connectivity index (χ1) is 14.8. The highest BCUT2D eigenvalue weighted by atomic mass is 32.2. The summed E-state index contributed by atoms with van der Waals surface area (Å²) in [5.74, 6) is 1.34. The van der Waals surface area contributed by atoms with E-state index in [0.717, 1.165) is 11.3 Å². The highest BCUT2D eigenvalue weighted by molar-refractivity contribution is 7.91. The van der Waals surface area contributed by atoms with Crippen LogP contribution in [-0.2, 0) is 22.9 Å². The van der Waals surface area contributed by atoms with Crippen LogP contribution in [0.4, 0.5) is 0 Å². The Morgan fingerprint density at radius 3 is 2.26 bits per heavy atom. The lowest BCUT2D eigenvalue weighted by atomic mass is 10.2. The number of sulfone groups is 1. The van der Waals surface area contributed by atoms with E-state index < -0.39 is 15.7 Å². The number of nitrogens with zero attached hydrogens (tertiary/aromatic N) is 1. The zero-order chi connectivity index (χ0) is 22.0. The molecule has 0 saturated carbocycles. The van der Waals surface area contributed by atoms with E-state index in [4.69, 9.17) is 13.3 Å². The van der Waals surface area contributed by atoms with Crippen molar-refractivity contribution in [3.05, 3.63) is 95.5 Å². The lowest BCUT2D eigenvalue weighted by Crippen LogP contribution is -2.29. The normalized spacial score (nSPS) is 11.5. The van der Waals surface area contributed by atoms with E-state index in [-0.39, 0.29) is 28.8 Å². The molecular formula is C23H21NO6S. The van der Waals surface area contributed by atoms with Gasteiger partial charge in [-0.3, -0.25) is 4.79 Å². The van der Waals surface area contributed by atoms with Gasteiger partial charge >= 0.3 is 0 Å². The number of aryl methyl sites for hydroxylation is 2. The molecule has 7 nitrogen and oxygen atoms in total. The van der Waals surface area contributed by atoms with Gasteiger partial charge in [0, 0.05) is 0 Å². The Hall–Kier alpha value is -3.52. The van der Waals surface area contributed by atoms with Gasteiger partial charge in [0.2, 0.25) is 14.9 Å². The molecule has 0 saturated heterocycles. The average Bonchev–Trinajstić information content (AvgIpc) is 3.50. The number of carbonyl (C=O) groups is 1. The molecule has 3 aromatic heterocycles. The summed E-state index contributed by atoms with van der Waals surface area (Å²) in [6, 6.07) is 16.2. The third-order valence-electron chi connectivity index (χ3n) is 4.74. The average molecular weight is 439 g/mol. The van der Waals surface area contributed by atoms with E-state index in [1.807, 2.05) is 19.9 Å². The molecule has 0 aliphatic carbocycles. The smallest absolute Gasteiger partial charge is 0.290 e. The molecule has 31 heavy (non-hydrogen) atoms. The molecule has 0 aliphatic heterocycles. The molecule has 0 radical (unpaired) electrons. The Kier molecular flexibility index (Phi) is 5.56. The monoisotopic (exact) mass is 439 g/mol. The van der Waals surface area contributed by atoms with Crippen molar-refractivity contribution in [3.8, 4) is 0 Å². The van der Waals surface area contributed by atoms with Crippen molar-refractivity contribution in [1.29, 1.82) is 0 Å². The molecule has 4 rings (SSSR count). The van der Waals surface area contributed by atoms with Crippen LogP contribution in [0.2, 0.25) is 0 Å². The number of hydrogen-bond acceptors (Lipinski definition) is 6. The Balaban J connectivity index is 1.61. The fourth-order valence-corrected chi connectivity index (χ4v) is 4.29. The Morgan fingerprint density at radius 1 is 0.871 bits per heavy atom. The van der Waals surface area contributed by atoms with E-state index >= 15 is 0 Å². The molecule has 0 aliphatic rings. The Labute approximate surface area is 179 Å². The van der Waals surface area contributed by atoms with Crippen molar-refractivity contribution in [3.63, 3.8) is 0 Å². The zero-order valence-corrected chi connectivity index (χ0v) is 17.9. The van der Waals surface area contributed by atoms with Gasteiger partial charge in [-0.25, -0.2) is 8.42 Å². The van der Waals surface area contributed by atoms with E-state index in [2.05, 4.69) is 0 Å². The van der Waals surface area contributed by atoms with E-state index in [1.54, 1.807) is 30.3 Å². The minimum atomic E-state index is -3.87. The summed E-state index contributed by atoms with van der Waals surface area (Å²) in [5.41, 5.74) is 0.941. The predicted molar refractivity (Wildman–Crippen MR) is 111 cm³/mol. The lowest BCUT2D eigenvalue weighted by Gasteiger charge is -2.19. The van der Waals surface area contributed by atoms with Gasteiger partial charge in [0.25, 0.3) is 5.91 Å². The third-order valence-corrected chi connectivity index (χ3v) is 6.39. The van der Waals surface area contributed by atoms with Gasteiger partial charge in [-0.2, -0.15) is 0 Å². The minimum Gasteiger partial charge on any atom is -0.467 e. The number of amides is 1. The molecule has 1 aromatic carbocycles. The van der Waals surface area contributed by atoms with Crippen LogP contribution in [0.3, 0.4) is 0 Å². The van der Waals surface area contributed by atoms with Crippen molar-refractivity contribution in [1.82, 2.24) is 4.90 Å². The predicted octanol–water partition coefficient (Wildman–Crippen LogP) is 4.76. The molecule has 160 valence electrons. The maximum Gasteiger partial charge on any atom is 0.290 e. The van der Waals surface area contributed by atoms with Crippen LogP contribution in [0.5, 0.6) is 0 Å². The maximum atomic E-state index is 13.2. The standard InChI is InChI=1S/C23H21NO6S/c1-16-5-9-20(10-6-16)31(26,27)22-12-11-21(30-22)23(25)24(14-18-4-3-13-28-18)15-19-8-7-17(2)29-19/h3-13H,14-15H2,1-2H3. The van der Waals surface area contributed by atoms with E-state index in [0.29, 0.717) is 11.5 Å². The molecule has 0 bridgehead atoms. The van der Waals surface area contributed by atoms with Gasteiger partial charge in [0.15, 0.2) is 5.76 Å². The molecule has 8 heteroatoms. The van der Waals surface area contributed by atoms with Crippen molar-refractivity contribution >= 4 is 15.7 Å². The van der Waals surface area contributed by atoms with Gasteiger partial charge < -0.3 is 18.2 Å². The molecule has 0 spiro atoms. The maximum absolute atomic E-state index is 13.2. The largest absolute Gasteiger partial charge is 0.467 e. The first-order valence-electron chi connectivity index (χ1n) is 9.61. The van der Waals surface area contributed by atoms with Crippen LogP contribution in [0, 0.1) is 13.8 Å². The van der Waals surface area contributed by atoms with Crippen molar-refractivity contribution in [2.24, 2.45) is 0 Å². The number of carbonyl (C=O) groups excluding carboxylic acids is 1. The van der Waals surface area contributed by atoms with Gasteiger partial charge in [-0.05, 0) is 62.4 Å². The van der Waals surface area contributed by atoms with Gasteiger partial charge in [0.1, 0.15) is 17.3 Å². The second-order valence-electron chi connectivity index (χ2n) is 7.19. The number of hydrogen-bond donors (Lipinski definition) is 0. The van der Waals surface area contributed by atoms with Gasteiger partial charge in [-0.1, -0.05) is 17.7 Å². The number of rotatable bonds is 7. The molecule has 4 aromatic rings. The second kappa shape index (κ2) is 8.31. The second-order valence-corrected chi connectivity index (χ2v) is 9.07. The van der Waals surface area contributed by atoms with E-state index in [1.165, 1.54) is 35.4 Å². The molecule has 3 heterocycles. The van der Waals surface area contributed by atoms with Crippen LogP contribution in [-0.4, -0.2) is 19.2 Å². The fourth-order valence-electron chi connectivity index (χ4n) is 3.12. The first kappa shape index (κ1) is 20.7. The Bertz CT molecular complexity index is 1280. The Morgan fingerprint density at radius 2 is 1.61 bits per heavy atom. The van der Waals surface area contributed by atoms with Crippen LogP contribution in [0.15, 0.2) is 90.2 Å². The summed E-state index contributed by atoms with van der Waals surface area (Å²) < 4.78 is 42.2. The van der Waals surface area contributed by atoms with Gasteiger partial charge in [0.05, 0.1) is 24.2 Å². The van der Waals surface area contributed by atoms with Crippen molar-refractivity contribution in [2.75, 3.05) is 0 Å². The summed E-state index contributed by atoms with van der Waals surface area (Å²) in [6.45, 7) is 4.03. The number of furan rings is 3. The zero-order valence-electron chi connectivity index (χ0n) is 17.1. The summed E-state index contributed by atoms with van der Waals surface area (Å²) in [6.07, 6.45) is 1.52. The van der Waals surface area contributed by atoms with Crippen LogP contribution in [0.1, 0.15) is 33.4 Å². The summed E-state index contributed by atoms with van der Waals surface area (Å²) in [7, 11) is -3.87. The van der Waals surface area contributed by atoms with Gasteiger partial charge in [-0.15, -0.1) is 0 Å². The minimum absolute atomic E-state index is 0.0829. The summed E-state index contributed by atoms with van der Waals surface area (Å²) >= 11 is 0. The lowest BCUT2D eigenvalue weighted by molar-refractivity contribution is 0.0666. The molecule has 0 unspecified atom stereocenters. The fraction of sp³-hybridized carbons (Fsp3) is 0.174. The van der Waals surface area contributed by atoms with E-state index in [9.17, 15) is 13.2 Å². The molecule has 0 atom stereocenters. The van der Waals surface area contributed by atoms with Crippen LogP contribution >= 0.6 is 0 Å². The van der Waals surface area contributed by atoms with Crippen molar-refractivity contribution in [2.45, 2.75) is 36.9 Å². The summed E-state index contributed by atoms with van der Waals surface area (Å²) in [5, 5.41) is -0.286. The quantitative estimate of drug-likeness (QED) is 0.412. The van der Waals surface area contributed by atoms with Crippen molar-refractivity contribution < 1.29 is 26.5 Å². The van der Waals surface area contributed by atoms with Crippen LogP contribution in [0.25, 0.3) is 0 Å². The highest BCUT2D eigenvalue weighted by Crippen LogP contribution is 2.25. The SMILES string of the molecule is Cc1ccc(S(=O)(=O)c2ccc(C(=O)N(Cc3ccco3)Cc3ccc(C)o3)o2)cc1. The summed E-state index contributed by atoms with van der Waals surface area (Å²) in [4.78, 5) is 14.7.